The number of aromatic nitrogens is 6. The maximum absolute atomic E-state index is 14.1. The molecule has 0 amide bonds. The highest BCUT2D eigenvalue weighted by Gasteiger charge is 2.23. The van der Waals surface area contributed by atoms with Crippen LogP contribution in [0.4, 0.5) is 19.0 Å². The molecule has 184 valence electrons. The summed E-state index contributed by atoms with van der Waals surface area (Å²) in [6.07, 6.45) is 5.97. The SMILES string of the molecule is C[C@H](Nc1ncnc2c1ncn2C1CCCCO1)c1nc2ccc(F)cc2n1-c1cc(F)cc(F)c1. The minimum atomic E-state index is -0.747. The Morgan fingerprint density at radius 3 is 2.61 bits per heavy atom. The van der Waals surface area contributed by atoms with Crippen LogP contribution in [0.25, 0.3) is 27.9 Å². The van der Waals surface area contributed by atoms with Crippen molar-refractivity contribution < 1.29 is 17.9 Å². The van der Waals surface area contributed by atoms with E-state index in [9.17, 15) is 13.2 Å². The molecule has 6 rings (SSSR count). The standard InChI is InChI=1S/C25H22F3N7O/c1-14(32-23-22-25(30-12-29-23)34(13-31-22)21-4-2-3-7-36-21)24-33-19-6-5-15(26)11-20(19)35(24)18-9-16(27)8-17(28)10-18/h5-6,8-14,21H,2-4,7H2,1H3,(H,29,30,32)/t14-,21?/m0/s1. The van der Waals surface area contributed by atoms with Crippen LogP contribution in [0.2, 0.25) is 0 Å². The second kappa shape index (κ2) is 8.90. The fraction of sp³-hybridized carbons (Fsp3) is 0.280. The maximum Gasteiger partial charge on any atom is 0.167 e. The second-order valence-electron chi connectivity index (χ2n) is 8.80. The summed E-state index contributed by atoms with van der Waals surface area (Å²) >= 11 is 0. The maximum atomic E-state index is 14.1. The van der Waals surface area contributed by atoms with Crippen LogP contribution in [0.3, 0.4) is 0 Å². The average molecular weight is 493 g/mol. The lowest BCUT2D eigenvalue weighted by Gasteiger charge is -2.23. The number of rotatable bonds is 5. The first-order chi connectivity index (χ1) is 17.5. The van der Waals surface area contributed by atoms with Crippen LogP contribution >= 0.6 is 0 Å². The molecule has 1 aliphatic heterocycles. The number of anilines is 1. The molecule has 8 nitrogen and oxygen atoms in total. The number of hydrogen-bond acceptors (Lipinski definition) is 6. The molecular formula is C25H22F3N7O. The highest BCUT2D eigenvalue weighted by Crippen LogP contribution is 2.31. The van der Waals surface area contributed by atoms with Gasteiger partial charge in [0.05, 0.1) is 29.1 Å². The van der Waals surface area contributed by atoms with Gasteiger partial charge in [0.2, 0.25) is 0 Å². The fourth-order valence-electron chi connectivity index (χ4n) is 4.68. The molecule has 5 aromatic rings. The molecule has 2 aromatic carbocycles. The van der Waals surface area contributed by atoms with Gasteiger partial charge in [0.25, 0.3) is 0 Å². The first-order valence-electron chi connectivity index (χ1n) is 11.7. The summed E-state index contributed by atoms with van der Waals surface area (Å²) in [6, 6.07) is 6.76. The van der Waals surface area contributed by atoms with Crippen LogP contribution in [0, 0.1) is 17.5 Å². The summed E-state index contributed by atoms with van der Waals surface area (Å²) in [4.78, 5) is 17.9. The zero-order valence-electron chi connectivity index (χ0n) is 19.3. The summed E-state index contributed by atoms with van der Waals surface area (Å²) in [6.45, 7) is 2.52. The summed E-state index contributed by atoms with van der Waals surface area (Å²) < 4.78 is 51.7. The Balaban J connectivity index is 1.42. The summed E-state index contributed by atoms with van der Waals surface area (Å²) in [5, 5.41) is 3.30. The lowest BCUT2D eigenvalue weighted by molar-refractivity contribution is -0.0298. The molecule has 11 heteroatoms. The van der Waals surface area contributed by atoms with Crippen LogP contribution in [0.5, 0.6) is 0 Å². The smallest absolute Gasteiger partial charge is 0.167 e. The van der Waals surface area contributed by atoms with Crippen LogP contribution < -0.4 is 5.32 Å². The third-order valence-electron chi connectivity index (χ3n) is 6.31. The molecule has 0 saturated carbocycles. The Morgan fingerprint density at radius 2 is 1.83 bits per heavy atom. The summed E-state index contributed by atoms with van der Waals surface area (Å²) in [5.41, 5.74) is 2.25. The molecule has 36 heavy (non-hydrogen) atoms. The van der Waals surface area contributed by atoms with Crippen molar-refractivity contribution >= 4 is 28.0 Å². The number of imidazole rings is 2. The minimum Gasteiger partial charge on any atom is -0.358 e. The van der Waals surface area contributed by atoms with Crippen molar-refractivity contribution in [2.45, 2.75) is 38.5 Å². The topological polar surface area (TPSA) is 82.7 Å². The third-order valence-corrected chi connectivity index (χ3v) is 6.31. The van der Waals surface area contributed by atoms with E-state index in [1.165, 1.54) is 41.2 Å². The molecule has 1 N–H and O–H groups in total. The van der Waals surface area contributed by atoms with E-state index in [2.05, 4.69) is 25.3 Å². The highest BCUT2D eigenvalue weighted by molar-refractivity contribution is 5.83. The Kier molecular flexibility index (Phi) is 5.56. The molecule has 0 radical (unpaired) electrons. The van der Waals surface area contributed by atoms with Crippen LogP contribution in [-0.2, 0) is 4.74 Å². The minimum absolute atomic E-state index is 0.133. The van der Waals surface area contributed by atoms with Crippen molar-refractivity contribution in [1.29, 1.82) is 0 Å². The van der Waals surface area contributed by atoms with Crippen LogP contribution in [0.15, 0.2) is 49.1 Å². The van der Waals surface area contributed by atoms with Crippen molar-refractivity contribution in [3.8, 4) is 5.69 Å². The Morgan fingerprint density at radius 1 is 1.00 bits per heavy atom. The highest BCUT2D eigenvalue weighted by atomic mass is 19.1. The van der Waals surface area contributed by atoms with Crippen LogP contribution in [0.1, 0.15) is 44.3 Å². The van der Waals surface area contributed by atoms with Gasteiger partial charge >= 0.3 is 0 Å². The number of hydrogen-bond donors (Lipinski definition) is 1. The van der Waals surface area contributed by atoms with E-state index in [0.29, 0.717) is 40.4 Å². The molecule has 4 heterocycles. The van der Waals surface area contributed by atoms with Gasteiger partial charge in [-0.25, -0.2) is 33.1 Å². The predicted molar refractivity (Wildman–Crippen MR) is 127 cm³/mol. The number of benzene rings is 2. The van der Waals surface area contributed by atoms with Crippen molar-refractivity contribution in [2.75, 3.05) is 11.9 Å². The van der Waals surface area contributed by atoms with E-state index in [1.807, 2.05) is 11.5 Å². The molecule has 0 spiro atoms. The zero-order chi connectivity index (χ0) is 24.8. The largest absolute Gasteiger partial charge is 0.358 e. The molecule has 3 aromatic heterocycles. The second-order valence-corrected chi connectivity index (χ2v) is 8.80. The van der Waals surface area contributed by atoms with Gasteiger partial charge in [-0.3, -0.25) is 9.13 Å². The molecule has 1 unspecified atom stereocenters. The quantitative estimate of drug-likeness (QED) is 0.350. The van der Waals surface area contributed by atoms with E-state index in [4.69, 9.17) is 4.74 Å². The van der Waals surface area contributed by atoms with E-state index in [-0.39, 0.29) is 11.9 Å². The third kappa shape index (κ3) is 3.95. The first kappa shape index (κ1) is 22.5. The Labute approximate surface area is 203 Å². The zero-order valence-corrected chi connectivity index (χ0v) is 19.3. The molecule has 1 fully saturated rings. The number of halogens is 3. The summed E-state index contributed by atoms with van der Waals surface area (Å²) in [7, 11) is 0. The van der Waals surface area contributed by atoms with Gasteiger partial charge in [-0.1, -0.05) is 0 Å². The number of fused-ring (bicyclic) bond motifs is 2. The average Bonchev–Trinajstić information content (AvgIpc) is 3.46. The lowest BCUT2D eigenvalue weighted by atomic mass is 10.2. The van der Waals surface area contributed by atoms with Crippen molar-refractivity contribution in [3.05, 3.63) is 72.3 Å². The van der Waals surface area contributed by atoms with Crippen molar-refractivity contribution in [1.82, 2.24) is 29.1 Å². The van der Waals surface area contributed by atoms with E-state index >= 15 is 0 Å². The van der Waals surface area contributed by atoms with Gasteiger partial charge in [-0.2, -0.15) is 0 Å². The Hall–Kier alpha value is -3.99. The molecule has 1 saturated heterocycles. The molecule has 0 aliphatic carbocycles. The van der Waals surface area contributed by atoms with Crippen LogP contribution in [-0.4, -0.2) is 35.7 Å². The van der Waals surface area contributed by atoms with Gasteiger partial charge in [-0.05, 0) is 50.5 Å². The van der Waals surface area contributed by atoms with E-state index in [1.54, 1.807) is 6.33 Å². The Bertz CT molecular complexity index is 1560. The van der Waals surface area contributed by atoms with E-state index < -0.39 is 23.5 Å². The van der Waals surface area contributed by atoms with Gasteiger partial charge in [0, 0.05) is 18.7 Å². The number of nitrogens with zero attached hydrogens (tertiary/aromatic N) is 6. The van der Waals surface area contributed by atoms with Gasteiger partial charge < -0.3 is 10.1 Å². The molecule has 2 atom stereocenters. The van der Waals surface area contributed by atoms with Gasteiger partial charge in [0.1, 0.15) is 35.8 Å². The molecule has 1 aliphatic rings. The van der Waals surface area contributed by atoms with Gasteiger partial charge in [-0.15, -0.1) is 0 Å². The first-order valence-corrected chi connectivity index (χ1v) is 11.7. The summed E-state index contributed by atoms with van der Waals surface area (Å²) in [5.74, 6) is -1.09. The normalized spacial score (nSPS) is 17.1. The number of nitrogens with one attached hydrogen (secondary N) is 1. The van der Waals surface area contributed by atoms with E-state index in [0.717, 1.165) is 25.3 Å². The number of ether oxygens (including phenoxy) is 1. The predicted octanol–water partition coefficient (Wildman–Crippen LogP) is 5.45. The van der Waals surface area contributed by atoms with Gasteiger partial charge in [0.15, 0.2) is 17.0 Å². The molecule has 0 bridgehead atoms. The van der Waals surface area contributed by atoms with Crippen molar-refractivity contribution in [3.63, 3.8) is 0 Å². The fourth-order valence-corrected chi connectivity index (χ4v) is 4.68. The van der Waals surface area contributed by atoms with Crippen molar-refractivity contribution in [2.24, 2.45) is 0 Å². The monoisotopic (exact) mass is 493 g/mol. The lowest BCUT2D eigenvalue weighted by Crippen LogP contribution is -2.18. The molecular weight excluding hydrogens is 471 g/mol.